The predicted molar refractivity (Wildman–Crippen MR) is 86.8 cm³/mol. The Labute approximate surface area is 129 Å². The molecule has 3 nitrogen and oxygen atoms in total. The highest BCUT2D eigenvalue weighted by molar-refractivity contribution is 5.20. The van der Waals surface area contributed by atoms with Gasteiger partial charge in [-0.05, 0) is 52.3 Å². The summed E-state index contributed by atoms with van der Waals surface area (Å²) in [6.45, 7) is 2.27. The molecule has 3 heteroatoms. The van der Waals surface area contributed by atoms with Crippen molar-refractivity contribution < 1.29 is 0 Å². The lowest BCUT2D eigenvalue weighted by Gasteiger charge is -2.35. The van der Waals surface area contributed by atoms with E-state index in [0.29, 0.717) is 18.1 Å². The first-order valence-corrected chi connectivity index (χ1v) is 7.99. The van der Waals surface area contributed by atoms with Crippen molar-refractivity contribution >= 4 is 0 Å². The molecular formula is C18H27N3. The van der Waals surface area contributed by atoms with Crippen LogP contribution in [0.15, 0.2) is 30.3 Å². The molecule has 2 unspecified atom stereocenters. The van der Waals surface area contributed by atoms with Crippen LogP contribution >= 0.6 is 0 Å². The van der Waals surface area contributed by atoms with E-state index in [1.165, 1.54) is 5.56 Å². The van der Waals surface area contributed by atoms with Crippen molar-refractivity contribution in [2.75, 3.05) is 14.1 Å². The zero-order chi connectivity index (χ0) is 15.2. The third-order valence-corrected chi connectivity index (χ3v) is 4.58. The van der Waals surface area contributed by atoms with E-state index in [1.807, 2.05) is 0 Å². The highest BCUT2D eigenvalue weighted by Crippen LogP contribution is 2.27. The Bertz CT molecular complexity index is 455. The molecule has 0 spiro atoms. The number of nitrogens with one attached hydrogen (secondary N) is 1. The fraction of sp³-hybridized carbons (Fsp3) is 0.611. The summed E-state index contributed by atoms with van der Waals surface area (Å²) in [5.74, 6) is 0.275. The second-order valence-electron chi connectivity index (χ2n) is 6.45. The molecule has 0 amide bonds. The van der Waals surface area contributed by atoms with Gasteiger partial charge in [0.15, 0.2) is 0 Å². The summed E-state index contributed by atoms with van der Waals surface area (Å²) in [6.07, 6.45) is 4.33. The third-order valence-electron chi connectivity index (χ3n) is 4.58. The Kier molecular flexibility index (Phi) is 5.78. The van der Waals surface area contributed by atoms with Gasteiger partial charge in [-0.25, -0.2) is 0 Å². The van der Waals surface area contributed by atoms with Gasteiger partial charge in [0, 0.05) is 24.0 Å². The number of hydrogen-bond donors (Lipinski definition) is 1. The quantitative estimate of drug-likeness (QED) is 0.901. The van der Waals surface area contributed by atoms with Gasteiger partial charge in [0.05, 0.1) is 6.07 Å². The van der Waals surface area contributed by atoms with Crippen LogP contribution in [-0.2, 0) is 0 Å². The van der Waals surface area contributed by atoms with Gasteiger partial charge in [-0.3, -0.25) is 0 Å². The van der Waals surface area contributed by atoms with E-state index < -0.39 is 0 Å². The number of rotatable bonds is 5. The molecule has 1 fully saturated rings. The van der Waals surface area contributed by atoms with Gasteiger partial charge in [0.2, 0.25) is 0 Å². The van der Waals surface area contributed by atoms with Crippen LogP contribution in [0.5, 0.6) is 0 Å². The Balaban J connectivity index is 1.97. The fourth-order valence-corrected chi connectivity index (χ4v) is 3.54. The van der Waals surface area contributed by atoms with Gasteiger partial charge < -0.3 is 10.2 Å². The number of hydrogen-bond acceptors (Lipinski definition) is 3. The van der Waals surface area contributed by atoms with Gasteiger partial charge in [0.1, 0.15) is 0 Å². The molecule has 0 heterocycles. The van der Waals surface area contributed by atoms with Crippen LogP contribution < -0.4 is 5.32 Å². The molecule has 21 heavy (non-hydrogen) atoms. The molecule has 0 radical (unpaired) electrons. The number of benzene rings is 1. The van der Waals surface area contributed by atoms with Gasteiger partial charge in [0.25, 0.3) is 0 Å². The summed E-state index contributed by atoms with van der Waals surface area (Å²) in [6, 6.07) is 14.4. The molecule has 0 aliphatic heterocycles. The summed E-state index contributed by atoms with van der Waals surface area (Å²) >= 11 is 0. The maximum Gasteiger partial charge on any atom is 0.0655 e. The minimum atomic E-state index is 0.275. The van der Waals surface area contributed by atoms with Crippen molar-refractivity contribution in [1.82, 2.24) is 10.2 Å². The summed E-state index contributed by atoms with van der Waals surface area (Å²) in [5, 5.41) is 12.8. The minimum absolute atomic E-state index is 0.275. The first-order valence-electron chi connectivity index (χ1n) is 7.99. The molecule has 0 saturated heterocycles. The first kappa shape index (κ1) is 16.0. The minimum Gasteiger partial charge on any atom is -0.310 e. The Morgan fingerprint density at radius 3 is 2.29 bits per heavy atom. The average molecular weight is 285 g/mol. The van der Waals surface area contributed by atoms with E-state index in [9.17, 15) is 0 Å². The van der Waals surface area contributed by atoms with E-state index in [-0.39, 0.29) is 5.92 Å². The topological polar surface area (TPSA) is 39.1 Å². The lowest BCUT2D eigenvalue weighted by Crippen LogP contribution is -2.45. The number of nitriles is 1. The third kappa shape index (κ3) is 4.30. The van der Waals surface area contributed by atoms with E-state index in [0.717, 1.165) is 25.7 Å². The van der Waals surface area contributed by atoms with Crippen molar-refractivity contribution in [3.63, 3.8) is 0 Å². The van der Waals surface area contributed by atoms with Gasteiger partial charge in [-0.1, -0.05) is 30.3 Å². The molecule has 1 aliphatic rings. The van der Waals surface area contributed by atoms with Crippen LogP contribution in [-0.4, -0.2) is 31.1 Å². The summed E-state index contributed by atoms with van der Waals surface area (Å²) in [5.41, 5.74) is 1.35. The molecule has 1 aliphatic carbocycles. The molecule has 114 valence electrons. The summed E-state index contributed by atoms with van der Waals surface area (Å²) in [4.78, 5) is 2.29. The van der Waals surface area contributed by atoms with Crippen LogP contribution in [0.4, 0.5) is 0 Å². The monoisotopic (exact) mass is 285 g/mol. The largest absolute Gasteiger partial charge is 0.310 e. The lowest BCUT2D eigenvalue weighted by molar-refractivity contribution is 0.210. The molecular weight excluding hydrogens is 258 g/mol. The molecule has 2 atom stereocenters. The van der Waals surface area contributed by atoms with Gasteiger partial charge >= 0.3 is 0 Å². The molecule has 0 aromatic heterocycles. The van der Waals surface area contributed by atoms with Crippen molar-refractivity contribution in [2.24, 2.45) is 5.92 Å². The Morgan fingerprint density at radius 1 is 1.14 bits per heavy atom. The summed E-state index contributed by atoms with van der Waals surface area (Å²) in [7, 11) is 4.28. The molecule has 2 rings (SSSR count). The summed E-state index contributed by atoms with van der Waals surface area (Å²) < 4.78 is 0. The van der Waals surface area contributed by atoms with Gasteiger partial charge in [-0.2, -0.15) is 5.26 Å². The van der Waals surface area contributed by atoms with Crippen molar-refractivity contribution in [1.29, 1.82) is 5.26 Å². The Morgan fingerprint density at radius 2 is 1.76 bits per heavy atom. The van der Waals surface area contributed by atoms with Crippen LogP contribution in [0.2, 0.25) is 0 Å². The van der Waals surface area contributed by atoms with Gasteiger partial charge in [-0.15, -0.1) is 0 Å². The number of nitrogens with zero attached hydrogens (tertiary/aromatic N) is 2. The second kappa shape index (κ2) is 7.59. The fourth-order valence-electron chi connectivity index (χ4n) is 3.54. The Hall–Kier alpha value is -1.37. The molecule has 1 N–H and O–H groups in total. The maximum absolute atomic E-state index is 8.99. The molecule has 1 aromatic rings. The van der Waals surface area contributed by atoms with E-state index >= 15 is 0 Å². The van der Waals surface area contributed by atoms with E-state index in [1.54, 1.807) is 0 Å². The van der Waals surface area contributed by atoms with Crippen molar-refractivity contribution in [3.8, 4) is 6.07 Å². The first-order chi connectivity index (χ1) is 10.1. The molecule has 1 aromatic carbocycles. The normalized spacial score (nSPS) is 25.3. The maximum atomic E-state index is 8.99. The average Bonchev–Trinajstić information content (AvgIpc) is 2.49. The van der Waals surface area contributed by atoms with Crippen LogP contribution in [0.3, 0.4) is 0 Å². The van der Waals surface area contributed by atoms with Crippen LogP contribution in [0.1, 0.15) is 44.2 Å². The molecule has 1 saturated carbocycles. The lowest BCUT2D eigenvalue weighted by atomic mass is 9.86. The van der Waals surface area contributed by atoms with E-state index in [2.05, 4.69) is 67.6 Å². The highest BCUT2D eigenvalue weighted by atomic mass is 15.1. The van der Waals surface area contributed by atoms with Crippen molar-refractivity contribution in [2.45, 2.75) is 50.7 Å². The highest BCUT2D eigenvalue weighted by Gasteiger charge is 2.26. The standard InChI is InChI=1S/C18H27N3/c1-14(20-17-11-9-15(13-19)10-12-17)18(21(2)3)16-7-5-4-6-8-16/h4-8,14-15,17-18,20H,9-12H2,1-3H3. The molecule has 0 bridgehead atoms. The zero-order valence-electron chi connectivity index (χ0n) is 13.4. The second-order valence-corrected chi connectivity index (χ2v) is 6.45. The van der Waals surface area contributed by atoms with Crippen LogP contribution in [0, 0.1) is 17.2 Å². The number of likely N-dealkylation sites (N-methyl/N-ethyl adjacent to an activating group) is 1. The zero-order valence-corrected chi connectivity index (χ0v) is 13.4. The van der Waals surface area contributed by atoms with E-state index in [4.69, 9.17) is 5.26 Å². The predicted octanol–water partition coefficient (Wildman–Crippen LogP) is 3.35. The van der Waals surface area contributed by atoms with Crippen LogP contribution in [0.25, 0.3) is 0 Å². The SMILES string of the molecule is CC(NC1CCC(C#N)CC1)C(c1ccccc1)N(C)C. The smallest absolute Gasteiger partial charge is 0.0655 e. The van der Waals surface area contributed by atoms with Crippen molar-refractivity contribution in [3.05, 3.63) is 35.9 Å².